The Kier molecular flexibility index (Phi) is 4.20. The Hall–Kier alpha value is -3.74. The van der Waals surface area contributed by atoms with Crippen molar-refractivity contribution in [3.63, 3.8) is 0 Å². The number of nitrogens with zero attached hydrogens (tertiary/aromatic N) is 3. The van der Waals surface area contributed by atoms with Gasteiger partial charge in [-0.15, -0.1) is 0 Å². The van der Waals surface area contributed by atoms with E-state index in [0.717, 1.165) is 24.2 Å². The molecule has 2 aromatic heterocycles. The molecule has 0 aliphatic carbocycles. The first-order valence-corrected chi connectivity index (χ1v) is 9.40. The van der Waals surface area contributed by atoms with E-state index >= 15 is 0 Å². The first-order chi connectivity index (χ1) is 14.2. The number of esters is 1. The minimum atomic E-state index is -0.520. The van der Waals surface area contributed by atoms with Crippen molar-refractivity contribution in [1.29, 1.82) is 0 Å². The van der Waals surface area contributed by atoms with Gasteiger partial charge in [0.1, 0.15) is 5.82 Å². The Balaban J connectivity index is 1.34. The van der Waals surface area contributed by atoms with E-state index in [2.05, 4.69) is 9.97 Å². The molecule has 0 radical (unpaired) electrons. The van der Waals surface area contributed by atoms with Crippen LogP contribution in [0, 0.1) is 0 Å². The van der Waals surface area contributed by atoms with Gasteiger partial charge in [0, 0.05) is 18.5 Å². The molecule has 0 atom stereocenters. The maximum Gasteiger partial charge on any atom is 0.338 e. The van der Waals surface area contributed by atoms with Crippen molar-refractivity contribution >= 4 is 16.9 Å². The van der Waals surface area contributed by atoms with E-state index < -0.39 is 5.97 Å². The van der Waals surface area contributed by atoms with Crippen LogP contribution in [0.2, 0.25) is 0 Å². The van der Waals surface area contributed by atoms with Gasteiger partial charge < -0.3 is 9.15 Å². The maximum atomic E-state index is 12.5. The van der Waals surface area contributed by atoms with Crippen LogP contribution in [0.15, 0.2) is 63.9 Å². The van der Waals surface area contributed by atoms with E-state index in [0.29, 0.717) is 34.7 Å². The Morgan fingerprint density at radius 3 is 2.90 bits per heavy atom. The van der Waals surface area contributed by atoms with Crippen LogP contribution in [0.4, 0.5) is 0 Å². The lowest BCUT2D eigenvalue weighted by Gasteiger charge is -2.07. The lowest BCUT2D eigenvalue weighted by molar-refractivity contribution is 0.0439. The van der Waals surface area contributed by atoms with Gasteiger partial charge in [0.05, 0.1) is 22.7 Å². The monoisotopic (exact) mass is 387 g/mol. The molecule has 7 heteroatoms. The van der Waals surface area contributed by atoms with Crippen molar-refractivity contribution in [2.75, 3.05) is 0 Å². The number of hydrogen-bond acceptors (Lipinski definition) is 6. The van der Waals surface area contributed by atoms with Gasteiger partial charge in [0.25, 0.3) is 5.56 Å². The van der Waals surface area contributed by atoms with Crippen LogP contribution in [-0.4, -0.2) is 20.5 Å². The van der Waals surface area contributed by atoms with Crippen LogP contribution in [-0.2, 0) is 24.3 Å². The zero-order chi connectivity index (χ0) is 19.8. The highest BCUT2D eigenvalue weighted by Gasteiger charge is 2.18. The largest absolute Gasteiger partial charge is 0.452 e. The third-order valence-electron chi connectivity index (χ3n) is 4.99. The lowest BCUT2D eigenvalue weighted by Crippen LogP contribution is -2.21. The van der Waals surface area contributed by atoms with Crippen molar-refractivity contribution in [1.82, 2.24) is 14.5 Å². The second-order valence-corrected chi connectivity index (χ2v) is 6.88. The van der Waals surface area contributed by atoms with Gasteiger partial charge in [-0.1, -0.05) is 30.3 Å². The first kappa shape index (κ1) is 17.4. The van der Waals surface area contributed by atoms with Crippen molar-refractivity contribution in [2.45, 2.75) is 26.0 Å². The topological polar surface area (TPSA) is 87.2 Å². The highest BCUT2D eigenvalue weighted by atomic mass is 16.5. The molecule has 5 rings (SSSR count). The summed E-state index contributed by atoms with van der Waals surface area (Å²) in [5.74, 6) is 1.17. The van der Waals surface area contributed by atoms with Gasteiger partial charge in [-0.05, 0) is 24.6 Å². The predicted octanol–water partition coefficient (Wildman–Crippen LogP) is 3.35. The Bertz CT molecular complexity index is 1270. The number of hydrogen-bond donors (Lipinski definition) is 0. The van der Waals surface area contributed by atoms with E-state index in [-0.39, 0.29) is 12.2 Å². The quantitative estimate of drug-likeness (QED) is 0.499. The zero-order valence-electron chi connectivity index (χ0n) is 15.5. The molecule has 144 valence electrons. The van der Waals surface area contributed by atoms with Gasteiger partial charge >= 0.3 is 5.97 Å². The average Bonchev–Trinajstić information content (AvgIpc) is 3.42. The molecule has 0 unspecified atom stereocenters. The summed E-state index contributed by atoms with van der Waals surface area (Å²) in [5, 5.41) is 0.507. The molecular weight excluding hydrogens is 370 g/mol. The number of carbonyl (C=O) groups excluding carboxylic acids is 1. The smallest absolute Gasteiger partial charge is 0.338 e. The molecule has 0 fully saturated rings. The zero-order valence-corrected chi connectivity index (χ0v) is 15.5. The highest BCUT2D eigenvalue weighted by molar-refractivity contribution is 5.94. The number of fused-ring (bicyclic) bond motifs is 2. The fourth-order valence-electron chi connectivity index (χ4n) is 3.53. The molecule has 1 aliphatic heterocycles. The van der Waals surface area contributed by atoms with Gasteiger partial charge in [0.2, 0.25) is 5.89 Å². The van der Waals surface area contributed by atoms with Crippen molar-refractivity contribution in [3.05, 3.63) is 82.4 Å². The Morgan fingerprint density at radius 2 is 2.03 bits per heavy atom. The maximum absolute atomic E-state index is 12.5. The van der Waals surface area contributed by atoms with E-state index in [1.165, 1.54) is 0 Å². The number of ether oxygens (including phenoxy) is 1. The molecule has 0 spiro atoms. The summed E-state index contributed by atoms with van der Waals surface area (Å²) in [6.07, 6.45) is 3.29. The highest BCUT2D eigenvalue weighted by Crippen LogP contribution is 2.21. The number of carbonyl (C=O) groups is 1. The number of aryl methyl sites for hydroxylation is 1. The minimum Gasteiger partial charge on any atom is -0.452 e. The van der Waals surface area contributed by atoms with Crippen molar-refractivity contribution in [3.8, 4) is 11.3 Å². The first-order valence-electron chi connectivity index (χ1n) is 9.40. The third kappa shape index (κ3) is 3.20. The lowest BCUT2D eigenvalue weighted by atomic mass is 10.1. The van der Waals surface area contributed by atoms with Crippen LogP contribution in [0.1, 0.15) is 28.5 Å². The van der Waals surface area contributed by atoms with E-state index in [9.17, 15) is 9.59 Å². The van der Waals surface area contributed by atoms with Gasteiger partial charge in [-0.3, -0.25) is 9.36 Å². The molecule has 0 saturated carbocycles. The number of oxazole rings is 1. The van der Waals surface area contributed by atoms with Crippen molar-refractivity contribution < 1.29 is 13.9 Å². The van der Waals surface area contributed by atoms with Crippen LogP contribution in [0.3, 0.4) is 0 Å². The van der Waals surface area contributed by atoms with E-state index in [1.54, 1.807) is 29.0 Å². The normalized spacial score (nSPS) is 12.8. The molecule has 1 aliphatic rings. The summed E-state index contributed by atoms with van der Waals surface area (Å²) >= 11 is 0. The Morgan fingerprint density at radius 1 is 1.17 bits per heavy atom. The predicted molar refractivity (Wildman–Crippen MR) is 105 cm³/mol. The molecular formula is C22H17N3O4. The van der Waals surface area contributed by atoms with Crippen LogP contribution in [0.25, 0.3) is 22.2 Å². The summed E-state index contributed by atoms with van der Waals surface area (Å²) in [6.45, 7) is 0.617. The van der Waals surface area contributed by atoms with Crippen LogP contribution in [0.5, 0.6) is 0 Å². The molecule has 0 N–H and O–H groups in total. The molecule has 7 nitrogen and oxygen atoms in total. The molecule has 29 heavy (non-hydrogen) atoms. The average molecular weight is 387 g/mol. The van der Waals surface area contributed by atoms with Crippen LogP contribution >= 0.6 is 0 Å². The third-order valence-corrected chi connectivity index (χ3v) is 4.99. The fraction of sp³-hybridized carbons (Fsp3) is 0.182. The Labute approximate surface area is 165 Å². The van der Waals surface area contributed by atoms with E-state index in [4.69, 9.17) is 9.15 Å². The molecule has 4 aromatic rings. The van der Waals surface area contributed by atoms with Gasteiger partial charge in [0.15, 0.2) is 12.4 Å². The summed E-state index contributed by atoms with van der Waals surface area (Å²) < 4.78 is 12.7. The number of benzene rings is 2. The summed E-state index contributed by atoms with van der Waals surface area (Å²) in [4.78, 5) is 33.7. The summed E-state index contributed by atoms with van der Waals surface area (Å²) in [5.41, 5.74) is 1.69. The van der Waals surface area contributed by atoms with Crippen LogP contribution < -0.4 is 5.56 Å². The number of aromatic nitrogens is 3. The second kappa shape index (κ2) is 7.01. The number of rotatable bonds is 4. The standard InChI is InChI=1S/C22H17N3O4/c26-21-16-9-8-15(11-17(16)24-19-7-4-10-25(19)21)22(27)28-13-20-23-12-18(29-20)14-5-2-1-3-6-14/h1-3,5-6,8-9,11-12H,4,7,10,13H2. The fourth-order valence-corrected chi connectivity index (χ4v) is 3.53. The summed E-state index contributed by atoms with van der Waals surface area (Å²) in [7, 11) is 0. The minimum absolute atomic E-state index is 0.0596. The second-order valence-electron chi connectivity index (χ2n) is 6.88. The molecule has 2 aromatic carbocycles. The molecule has 0 bridgehead atoms. The van der Waals surface area contributed by atoms with E-state index in [1.807, 2.05) is 30.3 Å². The van der Waals surface area contributed by atoms with Crippen molar-refractivity contribution in [2.24, 2.45) is 0 Å². The molecule has 3 heterocycles. The SMILES string of the molecule is O=C(OCc1ncc(-c2ccccc2)o1)c1ccc2c(=O)n3c(nc2c1)CCC3. The molecule has 0 amide bonds. The van der Waals surface area contributed by atoms with Gasteiger partial charge in [-0.2, -0.15) is 0 Å². The summed E-state index contributed by atoms with van der Waals surface area (Å²) in [6, 6.07) is 14.4. The molecule has 0 saturated heterocycles. The van der Waals surface area contributed by atoms with Gasteiger partial charge in [-0.25, -0.2) is 14.8 Å².